The Balaban J connectivity index is 0.000000178. The molecule has 0 aliphatic heterocycles. The average Bonchev–Trinajstić information content (AvgIpc) is 2.51. The zero-order valence-corrected chi connectivity index (χ0v) is 11.5. The topological polar surface area (TPSA) is 38.7 Å². The van der Waals surface area contributed by atoms with Gasteiger partial charge in [0.05, 0.1) is 0 Å². The molecule has 3 aromatic heterocycles. The van der Waals surface area contributed by atoms with E-state index in [-0.39, 0.29) is 0 Å². The summed E-state index contributed by atoms with van der Waals surface area (Å²) in [5, 5.41) is 0. The Labute approximate surface area is 119 Å². The molecule has 3 aromatic rings. The summed E-state index contributed by atoms with van der Waals surface area (Å²) in [4.78, 5) is 12.4. The predicted octanol–water partition coefficient (Wildman–Crippen LogP) is 3.46. The first kappa shape index (κ1) is 13.9. The lowest BCUT2D eigenvalue weighted by Gasteiger charge is -1.98. The van der Waals surface area contributed by atoms with Gasteiger partial charge in [-0.05, 0) is 43.3 Å². The van der Waals surface area contributed by atoms with Crippen molar-refractivity contribution in [2.45, 2.75) is 13.3 Å². The first-order chi connectivity index (χ1) is 9.84. The largest absolute Gasteiger partial charge is 0.262 e. The van der Waals surface area contributed by atoms with E-state index >= 15 is 0 Å². The van der Waals surface area contributed by atoms with Crippen LogP contribution in [0.1, 0.15) is 17.1 Å². The van der Waals surface area contributed by atoms with E-state index in [1.165, 1.54) is 0 Å². The van der Waals surface area contributed by atoms with Crippen molar-refractivity contribution in [3.05, 3.63) is 90.3 Å². The Morgan fingerprint density at radius 1 is 0.650 bits per heavy atom. The van der Waals surface area contributed by atoms with Crippen LogP contribution in [0.4, 0.5) is 0 Å². The summed E-state index contributed by atoms with van der Waals surface area (Å²) < 4.78 is 0. The number of hydrogen-bond acceptors (Lipinski definition) is 3. The molecule has 0 spiro atoms. The molecule has 3 rings (SSSR count). The van der Waals surface area contributed by atoms with Crippen molar-refractivity contribution in [2.75, 3.05) is 0 Å². The van der Waals surface area contributed by atoms with Gasteiger partial charge in [0.2, 0.25) is 0 Å². The molecule has 100 valence electrons. The molecule has 3 heteroatoms. The molecule has 0 radical (unpaired) electrons. The highest BCUT2D eigenvalue weighted by Gasteiger charge is 1.95. The smallest absolute Gasteiger partial charge is 0.0463 e. The monoisotopic (exact) mass is 263 g/mol. The van der Waals surface area contributed by atoms with Gasteiger partial charge in [-0.25, -0.2) is 0 Å². The van der Waals surface area contributed by atoms with Crippen LogP contribution in [-0.4, -0.2) is 15.0 Å². The Morgan fingerprint density at radius 3 is 1.45 bits per heavy atom. The summed E-state index contributed by atoms with van der Waals surface area (Å²) in [7, 11) is 0. The molecule has 0 saturated heterocycles. The first-order valence-electron chi connectivity index (χ1n) is 6.52. The number of rotatable bonds is 2. The van der Waals surface area contributed by atoms with Crippen molar-refractivity contribution >= 4 is 0 Å². The molecule has 0 aliphatic carbocycles. The van der Waals surface area contributed by atoms with Gasteiger partial charge in [0.25, 0.3) is 0 Å². The molecule has 0 aromatic carbocycles. The molecule has 3 nitrogen and oxygen atoms in total. The third kappa shape index (κ3) is 4.98. The SMILES string of the molecule is Cc1ccccn1.c1ccc(Cc2ccccn2)nc1. The van der Waals surface area contributed by atoms with Crippen molar-refractivity contribution in [1.82, 2.24) is 15.0 Å². The fourth-order valence-corrected chi connectivity index (χ4v) is 1.64. The quantitative estimate of drug-likeness (QED) is 0.710. The van der Waals surface area contributed by atoms with Gasteiger partial charge in [-0.3, -0.25) is 15.0 Å². The second kappa shape index (κ2) is 7.79. The highest BCUT2D eigenvalue weighted by atomic mass is 14.7. The number of nitrogens with zero attached hydrogens (tertiary/aromatic N) is 3. The Morgan fingerprint density at radius 2 is 1.15 bits per heavy atom. The molecule has 20 heavy (non-hydrogen) atoms. The van der Waals surface area contributed by atoms with Crippen LogP contribution in [0.2, 0.25) is 0 Å². The van der Waals surface area contributed by atoms with Crippen LogP contribution in [0.3, 0.4) is 0 Å². The molecule has 0 fully saturated rings. The third-order valence-corrected chi connectivity index (χ3v) is 2.63. The van der Waals surface area contributed by atoms with Crippen LogP contribution in [0.5, 0.6) is 0 Å². The van der Waals surface area contributed by atoms with Crippen molar-refractivity contribution in [2.24, 2.45) is 0 Å². The van der Waals surface area contributed by atoms with E-state index in [0.29, 0.717) is 0 Å². The van der Waals surface area contributed by atoms with E-state index in [1.807, 2.05) is 61.5 Å². The summed E-state index contributed by atoms with van der Waals surface area (Å²) >= 11 is 0. The molecule has 0 amide bonds. The van der Waals surface area contributed by atoms with E-state index in [1.54, 1.807) is 18.6 Å². The van der Waals surface area contributed by atoms with Gasteiger partial charge in [0, 0.05) is 42.1 Å². The second-order valence-corrected chi connectivity index (χ2v) is 4.29. The van der Waals surface area contributed by atoms with Gasteiger partial charge in [-0.1, -0.05) is 18.2 Å². The number of aromatic nitrogens is 3. The number of pyridine rings is 3. The molecule has 3 heterocycles. The molecule has 0 unspecified atom stereocenters. The number of aryl methyl sites for hydroxylation is 1. The Hall–Kier alpha value is -2.55. The minimum Gasteiger partial charge on any atom is -0.262 e. The van der Waals surface area contributed by atoms with E-state index < -0.39 is 0 Å². The molecule has 0 saturated carbocycles. The van der Waals surface area contributed by atoms with Gasteiger partial charge in [-0.2, -0.15) is 0 Å². The van der Waals surface area contributed by atoms with Crippen LogP contribution in [0.15, 0.2) is 73.2 Å². The Kier molecular flexibility index (Phi) is 5.40. The number of hydrogen-bond donors (Lipinski definition) is 0. The fourth-order valence-electron chi connectivity index (χ4n) is 1.64. The highest BCUT2D eigenvalue weighted by Crippen LogP contribution is 2.02. The van der Waals surface area contributed by atoms with Gasteiger partial charge in [0.15, 0.2) is 0 Å². The van der Waals surface area contributed by atoms with Gasteiger partial charge < -0.3 is 0 Å². The van der Waals surface area contributed by atoms with E-state index in [4.69, 9.17) is 0 Å². The third-order valence-electron chi connectivity index (χ3n) is 2.63. The summed E-state index contributed by atoms with van der Waals surface area (Å²) in [6.07, 6.45) is 6.20. The highest BCUT2D eigenvalue weighted by molar-refractivity contribution is 5.14. The van der Waals surface area contributed by atoms with Crippen molar-refractivity contribution in [3.8, 4) is 0 Å². The molecular weight excluding hydrogens is 246 g/mol. The van der Waals surface area contributed by atoms with Crippen LogP contribution in [0, 0.1) is 6.92 Å². The van der Waals surface area contributed by atoms with E-state index in [0.717, 1.165) is 23.5 Å². The summed E-state index contributed by atoms with van der Waals surface area (Å²) in [5.41, 5.74) is 3.19. The maximum Gasteiger partial charge on any atom is 0.0463 e. The van der Waals surface area contributed by atoms with Crippen molar-refractivity contribution < 1.29 is 0 Å². The molecule has 0 bridgehead atoms. The zero-order chi connectivity index (χ0) is 14.0. The summed E-state index contributed by atoms with van der Waals surface area (Å²) in [6, 6.07) is 17.7. The molecular formula is C17H17N3. The summed E-state index contributed by atoms with van der Waals surface area (Å²) in [6.45, 7) is 1.97. The predicted molar refractivity (Wildman–Crippen MR) is 80.3 cm³/mol. The minimum absolute atomic E-state index is 0.807. The molecule has 0 N–H and O–H groups in total. The average molecular weight is 263 g/mol. The summed E-state index contributed by atoms with van der Waals surface area (Å²) in [5.74, 6) is 0. The maximum atomic E-state index is 4.23. The van der Waals surface area contributed by atoms with Crippen LogP contribution < -0.4 is 0 Å². The van der Waals surface area contributed by atoms with Crippen LogP contribution in [0.25, 0.3) is 0 Å². The van der Waals surface area contributed by atoms with Crippen molar-refractivity contribution in [3.63, 3.8) is 0 Å². The van der Waals surface area contributed by atoms with Crippen LogP contribution >= 0.6 is 0 Å². The lowest BCUT2D eigenvalue weighted by molar-refractivity contribution is 1.01. The molecule has 0 atom stereocenters. The first-order valence-corrected chi connectivity index (χ1v) is 6.52. The van der Waals surface area contributed by atoms with E-state index in [9.17, 15) is 0 Å². The lowest BCUT2D eigenvalue weighted by atomic mass is 10.2. The van der Waals surface area contributed by atoms with Gasteiger partial charge in [0.1, 0.15) is 0 Å². The molecule has 0 aliphatic rings. The zero-order valence-electron chi connectivity index (χ0n) is 11.5. The normalized spacial score (nSPS) is 9.45. The second-order valence-electron chi connectivity index (χ2n) is 4.29. The van der Waals surface area contributed by atoms with Gasteiger partial charge >= 0.3 is 0 Å². The standard InChI is InChI=1S/C11H10N2.C6H7N/c1-3-7-12-10(5-1)9-11-6-2-4-8-13-11;1-6-4-2-3-5-7-6/h1-8H,9H2;2-5H,1H3. The lowest BCUT2D eigenvalue weighted by Crippen LogP contribution is -1.92. The maximum absolute atomic E-state index is 4.23. The van der Waals surface area contributed by atoms with Crippen LogP contribution in [-0.2, 0) is 6.42 Å². The minimum atomic E-state index is 0.807. The van der Waals surface area contributed by atoms with E-state index in [2.05, 4.69) is 15.0 Å². The van der Waals surface area contributed by atoms with Gasteiger partial charge in [-0.15, -0.1) is 0 Å². The fraction of sp³-hybridized carbons (Fsp3) is 0.118. The Bertz CT molecular complexity index is 557. The van der Waals surface area contributed by atoms with Crippen molar-refractivity contribution in [1.29, 1.82) is 0 Å².